The number of nitrogens with one attached hydrogen (secondary N) is 1. The van der Waals surface area contributed by atoms with Gasteiger partial charge in [0, 0.05) is 24.8 Å². The third-order valence-electron chi connectivity index (χ3n) is 5.12. The topological polar surface area (TPSA) is 58.4 Å². The zero-order chi connectivity index (χ0) is 15.4. The molecule has 120 valence electrons. The zero-order valence-electron chi connectivity index (χ0n) is 13.3. The number of piperidine rings is 1. The van der Waals surface area contributed by atoms with E-state index in [1.165, 1.54) is 24.8 Å². The van der Waals surface area contributed by atoms with E-state index in [1.807, 2.05) is 17.0 Å². The van der Waals surface area contributed by atoms with Crippen LogP contribution < -0.4 is 11.1 Å². The van der Waals surface area contributed by atoms with E-state index in [0.29, 0.717) is 12.0 Å². The summed E-state index contributed by atoms with van der Waals surface area (Å²) in [6.07, 6.45) is 8.21. The summed E-state index contributed by atoms with van der Waals surface area (Å²) in [5, 5.41) is 3.22. The Kier molecular flexibility index (Phi) is 4.86. The summed E-state index contributed by atoms with van der Waals surface area (Å²) >= 11 is 0. The molecule has 1 aliphatic heterocycles. The molecule has 0 atom stereocenters. The maximum absolute atomic E-state index is 12.4. The fourth-order valence-corrected chi connectivity index (χ4v) is 3.70. The Labute approximate surface area is 133 Å². The van der Waals surface area contributed by atoms with Crippen LogP contribution in [0.5, 0.6) is 0 Å². The highest BCUT2D eigenvalue weighted by molar-refractivity contribution is 5.74. The quantitative estimate of drug-likeness (QED) is 0.822. The van der Waals surface area contributed by atoms with Crippen LogP contribution in [0.3, 0.4) is 0 Å². The first-order chi connectivity index (χ1) is 10.7. The molecule has 1 aliphatic carbocycles. The standard InChI is InChI=1S/C18H27N3O/c19-16-8-6-14(7-9-16)15-10-12-21(13-11-15)18(22)20-17-4-2-1-3-5-17/h6-9,15,17H,1-5,10-13,19H2,(H,20,22). The number of urea groups is 1. The number of amides is 2. The lowest BCUT2D eigenvalue weighted by atomic mass is 9.89. The van der Waals surface area contributed by atoms with Gasteiger partial charge in [0.2, 0.25) is 0 Å². The Bertz CT molecular complexity index is 486. The summed E-state index contributed by atoms with van der Waals surface area (Å²) < 4.78 is 0. The van der Waals surface area contributed by atoms with Gasteiger partial charge in [0.05, 0.1) is 0 Å². The smallest absolute Gasteiger partial charge is 0.317 e. The van der Waals surface area contributed by atoms with Gasteiger partial charge in [0.25, 0.3) is 0 Å². The van der Waals surface area contributed by atoms with Crippen LogP contribution in [-0.2, 0) is 0 Å². The van der Waals surface area contributed by atoms with E-state index in [4.69, 9.17) is 5.73 Å². The second-order valence-corrected chi connectivity index (χ2v) is 6.71. The number of nitrogen functional groups attached to an aromatic ring is 1. The third kappa shape index (κ3) is 3.73. The van der Waals surface area contributed by atoms with Crippen molar-refractivity contribution in [3.63, 3.8) is 0 Å². The summed E-state index contributed by atoms with van der Waals surface area (Å²) in [6.45, 7) is 1.71. The van der Waals surface area contributed by atoms with Gasteiger partial charge in [-0.15, -0.1) is 0 Å². The van der Waals surface area contributed by atoms with Crippen molar-refractivity contribution in [2.75, 3.05) is 18.8 Å². The minimum Gasteiger partial charge on any atom is -0.399 e. The highest BCUT2D eigenvalue weighted by Gasteiger charge is 2.25. The van der Waals surface area contributed by atoms with E-state index in [1.54, 1.807) is 0 Å². The Morgan fingerprint density at radius 1 is 1.00 bits per heavy atom. The molecular weight excluding hydrogens is 274 g/mol. The molecule has 1 aromatic carbocycles. The first kappa shape index (κ1) is 15.2. The highest BCUT2D eigenvalue weighted by Crippen LogP contribution is 2.28. The fraction of sp³-hybridized carbons (Fsp3) is 0.611. The van der Waals surface area contributed by atoms with Crippen molar-refractivity contribution in [3.05, 3.63) is 29.8 Å². The van der Waals surface area contributed by atoms with Gasteiger partial charge in [0.1, 0.15) is 0 Å². The molecule has 1 saturated carbocycles. The highest BCUT2D eigenvalue weighted by atomic mass is 16.2. The van der Waals surface area contributed by atoms with Crippen LogP contribution in [0, 0.1) is 0 Å². The van der Waals surface area contributed by atoms with Crippen LogP contribution in [0.2, 0.25) is 0 Å². The number of nitrogens with two attached hydrogens (primary N) is 1. The molecular formula is C18H27N3O. The van der Waals surface area contributed by atoms with E-state index < -0.39 is 0 Å². The molecule has 1 heterocycles. The molecule has 1 aromatic rings. The van der Waals surface area contributed by atoms with E-state index in [9.17, 15) is 4.79 Å². The molecule has 1 saturated heterocycles. The van der Waals surface area contributed by atoms with Gasteiger partial charge in [-0.1, -0.05) is 31.4 Å². The molecule has 4 heteroatoms. The summed E-state index contributed by atoms with van der Waals surface area (Å²) in [7, 11) is 0. The van der Waals surface area contributed by atoms with Gasteiger partial charge in [-0.2, -0.15) is 0 Å². The van der Waals surface area contributed by atoms with Crippen molar-refractivity contribution in [1.29, 1.82) is 0 Å². The maximum atomic E-state index is 12.4. The molecule has 3 N–H and O–H groups in total. The van der Waals surface area contributed by atoms with Crippen LogP contribution in [0.15, 0.2) is 24.3 Å². The summed E-state index contributed by atoms with van der Waals surface area (Å²) in [6, 6.07) is 8.73. The number of anilines is 1. The lowest BCUT2D eigenvalue weighted by Gasteiger charge is -2.34. The molecule has 2 aliphatic rings. The normalized spacial score (nSPS) is 20.8. The average molecular weight is 301 g/mol. The molecule has 0 aromatic heterocycles. The van der Waals surface area contributed by atoms with Crippen LogP contribution in [0.1, 0.15) is 56.4 Å². The number of hydrogen-bond donors (Lipinski definition) is 2. The lowest BCUT2D eigenvalue weighted by molar-refractivity contribution is 0.174. The summed E-state index contributed by atoms with van der Waals surface area (Å²) in [4.78, 5) is 14.3. The number of nitrogens with zero attached hydrogens (tertiary/aromatic N) is 1. The first-order valence-electron chi connectivity index (χ1n) is 8.63. The van der Waals surface area contributed by atoms with Crippen LogP contribution in [-0.4, -0.2) is 30.1 Å². The predicted molar refractivity (Wildman–Crippen MR) is 89.8 cm³/mol. The molecule has 2 fully saturated rings. The Morgan fingerprint density at radius 2 is 1.64 bits per heavy atom. The van der Waals surface area contributed by atoms with E-state index in [-0.39, 0.29) is 6.03 Å². The number of carbonyl (C=O) groups excluding carboxylic acids is 1. The van der Waals surface area contributed by atoms with Gasteiger partial charge in [-0.25, -0.2) is 4.79 Å². The van der Waals surface area contributed by atoms with Crippen LogP contribution in [0.4, 0.5) is 10.5 Å². The van der Waals surface area contributed by atoms with Crippen molar-refractivity contribution in [2.45, 2.75) is 56.9 Å². The molecule has 22 heavy (non-hydrogen) atoms. The van der Waals surface area contributed by atoms with Gasteiger partial charge < -0.3 is 16.0 Å². The van der Waals surface area contributed by atoms with Crippen LogP contribution >= 0.6 is 0 Å². The van der Waals surface area contributed by atoms with Crippen molar-refractivity contribution in [2.24, 2.45) is 0 Å². The van der Waals surface area contributed by atoms with Crippen molar-refractivity contribution in [1.82, 2.24) is 10.2 Å². The molecule has 0 spiro atoms. The fourth-order valence-electron chi connectivity index (χ4n) is 3.70. The van der Waals surface area contributed by atoms with Gasteiger partial charge >= 0.3 is 6.03 Å². The Morgan fingerprint density at radius 3 is 2.27 bits per heavy atom. The SMILES string of the molecule is Nc1ccc(C2CCN(C(=O)NC3CCCCC3)CC2)cc1. The van der Waals surface area contributed by atoms with E-state index in [0.717, 1.165) is 44.5 Å². The van der Waals surface area contributed by atoms with E-state index in [2.05, 4.69) is 17.4 Å². The molecule has 4 nitrogen and oxygen atoms in total. The largest absolute Gasteiger partial charge is 0.399 e. The Hall–Kier alpha value is -1.71. The summed E-state index contributed by atoms with van der Waals surface area (Å²) in [5.74, 6) is 0.555. The lowest BCUT2D eigenvalue weighted by Crippen LogP contribution is -2.48. The van der Waals surface area contributed by atoms with Gasteiger partial charge in [-0.05, 0) is 49.3 Å². The molecule has 0 unspecified atom stereocenters. The number of rotatable bonds is 2. The second kappa shape index (κ2) is 7.03. The van der Waals surface area contributed by atoms with Crippen molar-refractivity contribution in [3.8, 4) is 0 Å². The zero-order valence-corrected chi connectivity index (χ0v) is 13.3. The average Bonchev–Trinajstić information content (AvgIpc) is 2.57. The Balaban J connectivity index is 1.48. The molecule has 3 rings (SSSR count). The van der Waals surface area contributed by atoms with Gasteiger partial charge in [-0.3, -0.25) is 0 Å². The van der Waals surface area contributed by atoms with Crippen molar-refractivity contribution < 1.29 is 4.79 Å². The maximum Gasteiger partial charge on any atom is 0.317 e. The third-order valence-corrected chi connectivity index (χ3v) is 5.12. The van der Waals surface area contributed by atoms with Crippen molar-refractivity contribution >= 4 is 11.7 Å². The second-order valence-electron chi connectivity index (χ2n) is 6.71. The molecule has 0 radical (unpaired) electrons. The molecule has 0 bridgehead atoms. The number of carbonyl (C=O) groups is 1. The summed E-state index contributed by atoms with van der Waals surface area (Å²) in [5.41, 5.74) is 7.91. The van der Waals surface area contributed by atoms with Crippen LogP contribution in [0.25, 0.3) is 0 Å². The van der Waals surface area contributed by atoms with Gasteiger partial charge in [0.15, 0.2) is 0 Å². The number of hydrogen-bond acceptors (Lipinski definition) is 2. The number of benzene rings is 1. The predicted octanol–water partition coefficient (Wildman–Crippen LogP) is 3.49. The van der Waals surface area contributed by atoms with E-state index >= 15 is 0 Å². The monoisotopic (exact) mass is 301 g/mol. The number of likely N-dealkylation sites (tertiary alicyclic amines) is 1. The minimum atomic E-state index is 0.141. The molecule has 2 amide bonds. The minimum absolute atomic E-state index is 0.141. The first-order valence-corrected chi connectivity index (χ1v) is 8.63.